The van der Waals surface area contributed by atoms with Gasteiger partial charge in [0.2, 0.25) is 0 Å². The van der Waals surface area contributed by atoms with Gasteiger partial charge in [-0.05, 0) is 38.5 Å². The molecule has 6 nitrogen and oxygen atoms in total. The third-order valence-electron chi connectivity index (χ3n) is 4.05. The van der Waals surface area contributed by atoms with Gasteiger partial charge in [0, 0.05) is 18.6 Å². The van der Waals surface area contributed by atoms with Gasteiger partial charge in [0.15, 0.2) is 6.10 Å². The van der Waals surface area contributed by atoms with E-state index in [1.54, 1.807) is 6.92 Å². The Hall–Kier alpha value is -2.86. The average Bonchev–Trinajstić information content (AvgIpc) is 2.75. The lowest BCUT2D eigenvalue weighted by molar-refractivity contribution is -0.156. The van der Waals surface area contributed by atoms with E-state index < -0.39 is 6.10 Å². The predicted molar refractivity (Wildman–Crippen MR) is 112 cm³/mol. The van der Waals surface area contributed by atoms with Gasteiger partial charge in [-0.15, -0.1) is 0 Å². The Labute approximate surface area is 172 Å². The number of benzene rings is 2. The summed E-state index contributed by atoms with van der Waals surface area (Å²) in [7, 11) is 0. The van der Waals surface area contributed by atoms with Crippen molar-refractivity contribution in [2.45, 2.75) is 33.3 Å². The molecular formula is C23H29NO5. The smallest absolute Gasteiger partial charge is 0.335 e. The molecule has 1 unspecified atom stereocenters. The van der Waals surface area contributed by atoms with Crippen molar-refractivity contribution in [1.29, 1.82) is 0 Å². The molecule has 2 rings (SSSR count). The minimum Gasteiger partial charge on any atom is -0.487 e. The summed E-state index contributed by atoms with van der Waals surface area (Å²) >= 11 is 0. The molecule has 0 aliphatic carbocycles. The molecule has 1 atom stereocenters. The monoisotopic (exact) mass is 399 g/mol. The topological polar surface area (TPSA) is 66.3 Å². The molecule has 0 heterocycles. The Morgan fingerprint density at radius 3 is 2.28 bits per heavy atom. The van der Waals surface area contributed by atoms with Crippen molar-refractivity contribution >= 4 is 11.7 Å². The average molecular weight is 399 g/mol. The summed E-state index contributed by atoms with van der Waals surface area (Å²) in [6.07, 6.45) is -0.150. The highest BCUT2D eigenvalue weighted by atomic mass is 16.6. The van der Waals surface area contributed by atoms with E-state index >= 15 is 0 Å². The third kappa shape index (κ3) is 7.58. The fourth-order valence-electron chi connectivity index (χ4n) is 2.67. The molecule has 29 heavy (non-hydrogen) atoms. The third-order valence-corrected chi connectivity index (χ3v) is 4.05. The first kappa shape index (κ1) is 22.4. The number of oxime groups is 1. The second kappa shape index (κ2) is 12.6. The Morgan fingerprint density at radius 1 is 0.931 bits per heavy atom. The van der Waals surface area contributed by atoms with Crippen LogP contribution in [0.5, 0.6) is 5.75 Å². The lowest BCUT2D eigenvalue weighted by atomic mass is 10.1. The number of rotatable bonds is 12. The van der Waals surface area contributed by atoms with Crippen LogP contribution in [0.4, 0.5) is 0 Å². The van der Waals surface area contributed by atoms with Crippen molar-refractivity contribution in [3.05, 3.63) is 65.7 Å². The Bertz CT molecular complexity index is 759. The standard InChI is InChI=1S/C23H29NO5/c1-4-26-22(23(25)27-5-2)16-18-12-14-20(15-13-18)28-17-21(24-29-6-3)19-10-8-7-9-11-19/h7-15,22H,4-6,16-17H2,1-3H3. The molecule has 0 saturated carbocycles. The molecule has 0 fully saturated rings. The van der Waals surface area contributed by atoms with Crippen LogP contribution in [0.15, 0.2) is 59.8 Å². The lowest BCUT2D eigenvalue weighted by Crippen LogP contribution is -2.28. The number of ether oxygens (including phenoxy) is 3. The molecule has 0 bridgehead atoms. The first-order chi connectivity index (χ1) is 14.2. The fourth-order valence-corrected chi connectivity index (χ4v) is 2.67. The summed E-state index contributed by atoms with van der Waals surface area (Å²) in [5.41, 5.74) is 2.64. The van der Waals surface area contributed by atoms with E-state index in [4.69, 9.17) is 19.0 Å². The molecule has 2 aromatic rings. The van der Waals surface area contributed by atoms with Crippen molar-refractivity contribution < 1.29 is 23.8 Å². The van der Waals surface area contributed by atoms with Crippen LogP contribution >= 0.6 is 0 Å². The van der Waals surface area contributed by atoms with Crippen molar-refractivity contribution in [1.82, 2.24) is 0 Å². The molecule has 156 valence electrons. The summed E-state index contributed by atoms with van der Waals surface area (Å²) in [6.45, 7) is 7.09. The molecular weight excluding hydrogens is 370 g/mol. The zero-order chi connectivity index (χ0) is 20.9. The van der Waals surface area contributed by atoms with Gasteiger partial charge >= 0.3 is 5.97 Å². The fraction of sp³-hybridized carbons (Fsp3) is 0.391. The highest BCUT2D eigenvalue weighted by Gasteiger charge is 2.20. The van der Waals surface area contributed by atoms with E-state index in [-0.39, 0.29) is 12.6 Å². The molecule has 0 aliphatic heterocycles. The van der Waals surface area contributed by atoms with E-state index in [1.165, 1.54) is 0 Å². The van der Waals surface area contributed by atoms with Gasteiger partial charge in [-0.25, -0.2) is 4.79 Å². The molecule has 0 aliphatic rings. The second-order valence-electron chi connectivity index (χ2n) is 6.15. The van der Waals surface area contributed by atoms with Gasteiger partial charge in [0.05, 0.1) is 6.61 Å². The van der Waals surface area contributed by atoms with Crippen LogP contribution in [-0.2, 0) is 25.5 Å². The first-order valence-electron chi connectivity index (χ1n) is 9.92. The highest BCUT2D eigenvalue weighted by Crippen LogP contribution is 2.16. The maximum Gasteiger partial charge on any atom is 0.335 e. The molecule has 6 heteroatoms. The van der Waals surface area contributed by atoms with Crippen LogP contribution in [-0.4, -0.2) is 44.2 Å². The van der Waals surface area contributed by atoms with Crippen molar-refractivity contribution in [2.75, 3.05) is 26.4 Å². The lowest BCUT2D eigenvalue weighted by Gasteiger charge is -2.16. The number of hydrogen-bond acceptors (Lipinski definition) is 6. The maximum atomic E-state index is 12.0. The molecule has 0 aromatic heterocycles. The quantitative estimate of drug-likeness (QED) is 0.306. The van der Waals surface area contributed by atoms with Crippen LogP contribution in [0.25, 0.3) is 0 Å². The Morgan fingerprint density at radius 2 is 1.66 bits per heavy atom. The van der Waals surface area contributed by atoms with E-state index in [2.05, 4.69) is 5.16 Å². The van der Waals surface area contributed by atoms with Gasteiger partial charge < -0.3 is 19.0 Å². The SMILES string of the molecule is CCON=C(COc1ccc(CC(OCC)C(=O)OCC)cc1)c1ccccc1. The highest BCUT2D eigenvalue weighted by molar-refractivity contribution is 6.01. The Balaban J connectivity index is 1.99. The van der Waals surface area contributed by atoms with E-state index in [0.717, 1.165) is 16.8 Å². The van der Waals surface area contributed by atoms with Crippen LogP contribution in [0.3, 0.4) is 0 Å². The molecule has 0 radical (unpaired) electrons. The van der Waals surface area contributed by atoms with Crippen LogP contribution in [0.2, 0.25) is 0 Å². The number of nitrogens with zero attached hydrogens (tertiary/aromatic N) is 1. The molecule has 2 aromatic carbocycles. The Kier molecular flexibility index (Phi) is 9.72. The minimum atomic E-state index is -0.602. The first-order valence-corrected chi connectivity index (χ1v) is 9.92. The summed E-state index contributed by atoms with van der Waals surface area (Å²) in [4.78, 5) is 17.2. The van der Waals surface area contributed by atoms with Crippen LogP contribution in [0.1, 0.15) is 31.9 Å². The van der Waals surface area contributed by atoms with Gasteiger partial charge in [-0.3, -0.25) is 0 Å². The largest absolute Gasteiger partial charge is 0.487 e. The predicted octanol–water partition coefficient (Wildman–Crippen LogP) is 4.02. The number of carbonyl (C=O) groups is 1. The molecule has 0 saturated heterocycles. The minimum absolute atomic E-state index is 0.285. The maximum absolute atomic E-state index is 12.0. The second-order valence-corrected chi connectivity index (χ2v) is 6.15. The zero-order valence-corrected chi connectivity index (χ0v) is 17.3. The summed E-state index contributed by atoms with van der Waals surface area (Å²) < 4.78 is 16.5. The molecule has 0 spiro atoms. The molecule has 0 amide bonds. The van der Waals surface area contributed by atoms with Crippen molar-refractivity contribution in [2.24, 2.45) is 5.16 Å². The van der Waals surface area contributed by atoms with E-state index in [9.17, 15) is 4.79 Å². The van der Waals surface area contributed by atoms with Gasteiger partial charge in [-0.2, -0.15) is 0 Å². The molecule has 0 N–H and O–H groups in total. The van der Waals surface area contributed by atoms with E-state index in [0.29, 0.717) is 32.0 Å². The van der Waals surface area contributed by atoms with E-state index in [1.807, 2.05) is 68.4 Å². The summed E-state index contributed by atoms with van der Waals surface area (Å²) in [5.74, 6) is 0.368. The van der Waals surface area contributed by atoms with Gasteiger partial charge in [0.1, 0.15) is 24.7 Å². The summed E-state index contributed by atoms with van der Waals surface area (Å²) in [6, 6.07) is 17.4. The van der Waals surface area contributed by atoms with Crippen LogP contribution in [0, 0.1) is 0 Å². The van der Waals surface area contributed by atoms with Gasteiger partial charge in [-0.1, -0.05) is 47.6 Å². The van der Waals surface area contributed by atoms with Gasteiger partial charge in [0.25, 0.3) is 0 Å². The summed E-state index contributed by atoms with van der Waals surface area (Å²) in [5, 5.41) is 4.17. The van der Waals surface area contributed by atoms with Crippen molar-refractivity contribution in [3.63, 3.8) is 0 Å². The number of carbonyl (C=O) groups excluding carboxylic acids is 1. The number of esters is 1. The normalized spacial score (nSPS) is 12.3. The van der Waals surface area contributed by atoms with Crippen molar-refractivity contribution in [3.8, 4) is 5.75 Å². The zero-order valence-electron chi connectivity index (χ0n) is 17.3. The van der Waals surface area contributed by atoms with Crippen LogP contribution < -0.4 is 4.74 Å². The number of hydrogen-bond donors (Lipinski definition) is 0.